The highest BCUT2D eigenvalue weighted by Gasteiger charge is 2.51. The number of nitrogens with zero attached hydrogens (tertiary/aromatic N) is 4. The van der Waals surface area contributed by atoms with Crippen molar-refractivity contribution in [1.29, 1.82) is 0 Å². The van der Waals surface area contributed by atoms with Crippen LogP contribution >= 0.6 is 34.5 Å². The number of carbonyl (C=O) groups excluding carboxylic acids is 1. The number of halogens is 3. The first-order valence-electron chi connectivity index (χ1n) is 11.8. The summed E-state index contributed by atoms with van der Waals surface area (Å²) in [6, 6.07) is 9.09. The summed E-state index contributed by atoms with van der Waals surface area (Å²) >= 11 is 14.8. The van der Waals surface area contributed by atoms with E-state index >= 15 is 0 Å². The van der Waals surface area contributed by atoms with Gasteiger partial charge in [-0.3, -0.25) is 0 Å². The largest absolute Gasteiger partial charge is 0.322 e. The van der Waals surface area contributed by atoms with Crippen LogP contribution in [0.1, 0.15) is 30.3 Å². The highest BCUT2D eigenvalue weighted by atomic mass is 35.5. The van der Waals surface area contributed by atoms with Crippen molar-refractivity contribution < 1.29 is 17.6 Å². The zero-order valence-electron chi connectivity index (χ0n) is 19.9. The molecule has 0 radical (unpaired) electrons. The minimum Gasteiger partial charge on any atom is -0.322 e. The second kappa shape index (κ2) is 10.1. The maximum atomic E-state index is 13.3. The third kappa shape index (κ3) is 5.20. The zero-order chi connectivity index (χ0) is 26.4. The molecule has 1 saturated heterocycles. The maximum Gasteiger partial charge on any atom is 0.321 e. The Morgan fingerprint density at radius 2 is 1.70 bits per heavy atom. The molecule has 1 aliphatic carbocycles. The SMILES string of the molecule is CCS(=O)(=O)N1CCN(C(=O)Nc2cc(Cl)c(C3(c4nnc(-c5ccc(F)cc5)s4)CC3)c(Cl)c2)CC1. The number of benzene rings is 2. The van der Waals surface area contributed by atoms with Crippen molar-refractivity contribution in [1.82, 2.24) is 19.4 Å². The van der Waals surface area contributed by atoms with Crippen molar-refractivity contribution in [2.45, 2.75) is 25.2 Å². The third-order valence-corrected chi connectivity index (χ3v) is 10.4. The van der Waals surface area contributed by atoms with E-state index in [0.29, 0.717) is 33.8 Å². The van der Waals surface area contributed by atoms with Crippen LogP contribution in [0.25, 0.3) is 10.6 Å². The van der Waals surface area contributed by atoms with Crippen molar-refractivity contribution >= 4 is 56.3 Å². The number of hydrogen-bond donors (Lipinski definition) is 1. The molecular weight excluding hydrogens is 560 g/mol. The number of carbonyl (C=O) groups is 1. The molecule has 8 nitrogen and oxygen atoms in total. The summed E-state index contributed by atoms with van der Waals surface area (Å²) < 4.78 is 38.8. The second-order valence-electron chi connectivity index (χ2n) is 9.03. The van der Waals surface area contributed by atoms with Gasteiger partial charge in [-0.1, -0.05) is 34.5 Å². The number of sulfonamides is 1. The molecule has 13 heteroatoms. The fraction of sp³-hybridized carbons (Fsp3) is 0.375. The molecule has 1 saturated carbocycles. The number of piperazine rings is 1. The molecule has 2 fully saturated rings. The van der Waals surface area contributed by atoms with Gasteiger partial charge in [-0.05, 0) is 56.2 Å². The first-order valence-corrected chi connectivity index (χ1v) is 14.9. The van der Waals surface area contributed by atoms with Crippen LogP contribution in [0.15, 0.2) is 36.4 Å². The summed E-state index contributed by atoms with van der Waals surface area (Å²) in [5.74, 6) is -0.279. The smallest absolute Gasteiger partial charge is 0.321 e. The molecule has 0 atom stereocenters. The molecule has 0 spiro atoms. The monoisotopic (exact) mass is 583 g/mol. The first kappa shape index (κ1) is 26.3. The summed E-state index contributed by atoms with van der Waals surface area (Å²) in [6.45, 7) is 2.71. The maximum absolute atomic E-state index is 13.3. The van der Waals surface area contributed by atoms with Crippen molar-refractivity contribution in [3.63, 3.8) is 0 Å². The van der Waals surface area contributed by atoms with Crippen molar-refractivity contribution in [3.05, 3.63) is 62.8 Å². The van der Waals surface area contributed by atoms with Crippen LogP contribution < -0.4 is 5.32 Å². The normalized spacial score (nSPS) is 17.6. The van der Waals surface area contributed by atoms with Crippen LogP contribution in [0.4, 0.5) is 14.9 Å². The quantitative estimate of drug-likeness (QED) is 0.428. The lowest BCUT2D eigenvalue weighted by molar-refractivity contribution is 0.184. The zero-order valence-corrected chi connectivity index (χ0v) is 23.0. The molecular formula is C24H24Cl2FN5O3S2. The molecule has 1 aliphatic heterocycles. The number of nitrogens with one attached hydrogen (secondary N) is 1. The first-order chi connectivity index (χ1) is 17.6. The van der Waals surface area contributed by atoms with E-state index in [1.54, 1.807) is 36.1 Å². The Hall–Kier alpha value is -2.31. The van der Waals surface area contributed by atoms with Crippen LogP contribution in [-0.2, 0) is 15.4 Å². The van der Waals surface area contributed by atoms with E-state index in [4.69, 9.17) is 23.2 Å². The van der Waals surface area contributed by atoms with Crippen molar-refractivity contribution in [2.75, 3.05) is 37.2 Å². The predicted molar refractivity (Wildman–Crippen MR) is 143 cm³/mol. The fourth-order valence-electron chi connectivity index (χ4n) is 4.48. The Bertz CT molecular complexity index is 1410. The van der Waals surface area contributed by atoms with Crippen LogP contribution in [-0.4, -0.2) is 65.8 Å². The van der Waals surface area contributed by atoms with Gasteiger partial charge in [-0.2, -0.15) is 4.31 Å². The van der Waals surface area contributed by atoms with Crippen molar-refractivity contribution in [3.8, 4) is 10.6 Å². The Morgan fingerprint density at radius 3 is 2.27 bits per heavy atom. The summed E-state index contributed by atoms with van der Waals surface area (Å²) in [5, 5.41) is 13.8. The fourth-order valence-corrected chi connectivity index (χ4v) is 7.51. The minimum absolute atomic E-state index is 0.0363. The van der Waals surface area contributed by atoms with Crippen LogP contribution in [0, 0.1) is 5.82 Å². The number of rotatable bonds is 6. The highest BCUT2D eigenvalue weighted by molar-refractivity contribution is 7.89. The number of anilines is 1. The minimum atomic E-state index is -3.28. The van der Waals surface area contributed by atoms with E-state index in [0.717, 1.165) is 29.0 Å². The lowest BCUT2D eigenvalue weighted by Gasteiger charge is -2.33. The van der Waals surface area contributed by atoms with E-state index in [1.807, 2.05) is 0 Å². The van der Waals surface area contributed by atoms with Gasteiger partial charge in [0, 0.05) is 53.0 Å². The summed E-state index contributed by atoms with van der Waals surface area (Å²) in [4.78, 5) is 14.4. The lowest BCUT2D eigenvalue weighted by atomic mass is 9.96. The molecule has 1 aromatic heterocycles. The van der Waals surface area contributed by atoms with E-state index in [9.17, 15) is 17.6 Å². The molecule has 0 bridgehead atoms. The van der Waals surface area contributed by atoms with Gasteiger partial charge in [0.1, 0.15) is 15.8 Å². The number of urea groups is 1. The molecule has 2 heterocycles. The number of amides is 2. The van der Waals surface area contributed by atoms with Gasteiger partial charge in [0.05, 0.1) is 11.2 Å². The molecule has 37 heavy (non-hydrogen) atoms. The van der Waals surface area contributed by atoms with Gasteiger partial charge in [0.25, 0.3) is 0 Å². The van der Waals surface area contributed by atoms with Gasteiger partial charge in [-0.25, -0.2) is 17.6 Å². The summed E-state index contributed by atoms with van der Waals surface area (Å²) in [6.07, 6.45) is 1.61. The number of aromatic nitrogens is 2. The van der Waals surface area contributed by atoms with Gasteiger partial charge in [-0.15, -0.1) is 10.2 Å². The average molecular weight is 585 g/mol. The van der Waals surface area contributed by atoms with E-state index in [-0.39, 0.29) is 30.7 Å². The molecule has 2 aliphatic rings. The second-order valence-corrected chi connectivity index (χ2v) is 13.1. The third-order valence-electron chi connectivity index (χ3n) is 6.73. The Balaban J connectivity index is 1.31. The van der Waals surface area contributed by atoms with Gasteiger partial charge in [0.15, 0.2) is 0 Å². The Kier molecular flexibility index (Phi) is 7.18. The van der Waals surface area contributed by atoms with Crippen molar-refractivity contribution in [2.24, 2.45) is 0 Å². The molecule has 5 rings (SSSR count). The standard InChI is InChI=1S/C24H24Cl2FN5O3S2/c1-2-37(34,35)32-11-9-31(10-12-32)23(33)28-17-13-18(25)20(19(26)14-17)24(7-8-24)22-30-29-21(36-22)15-3-5-16(27)6-4-15/h3-6,13-14H,2,7-12H2,1H3,(H,28,33). The van der Waals surface area contributed by atoms with Gasteiger partial charge >= 0.3 is 6.03 Å². The van der Waals surface area contributed by atoms with Crippen LogP contribution in [0.2, 0.25) is 10.0 Å². The average Bonchev–Trinajstić information content (AvgIpc) is 3.50. The summed E-state index contributed by atoms with van der Waals surface area (Å²) in [5.41, 5.74) is 1.53. The van der Waals surface area contributed by atoms with Crippen LogP contribution in [0.3, 0.4) is 0 Å². The Morgan fingerprint density at radius 1 is 1.08 bits per heavy atom. The Labute approximate surface area is 228 Å². The van der Waals surface area contributed by atoms with E-state index in [1.165, 1.54) is 27.8 Å². The number of hydrogen-bond acceptors (Lipinski definition) is 6. The molecule has 2 amide bonds. The predicted octanol–water partition coefficient (Wildman–Crippen LogP) is 5.23. The van der Waals surface area contributed by atoms with E-state index in [2.05, 4.69) is 15.5 Å². The topological polar surface area (TPSA) is 95.5 Å². The van der Waals surface area contributed by atoms with Gasteiger partial charge < -0.3 is 10.2 Å². The van der Waals surface area contributed by atoms with Gasteiger partial charge in [0.2, 0.25) is 10.0 Å². The highest BCUT2D eigenvalue weighted by Crippen LogP contribution is 2.58. The molecule has 196 valence electrons. The lowest BCUT2D eigenvalue weighted by Crippen LogP contribution is -2.51. The van der Waals surface area contributed by atoms with E-state index < -0.39 is 15.4 Å². The molecule has 2 aromatic carbocycles. The molecule has 1 N–H and O–H groups in total. The molecule has 0 unspecified atom stereocenters. The van der Waals surface area contributed by atoms with Crippen LogP contribution in [0.5, 0.6) is 0 Å². The summed E-state index contributed by atoms with van der Waals surface area (Å²) in [7, 11) is -3.28. The molecule has 3 aromatic rings.